The molecule has 0 spiro atoms. The highest BCUT2D eigenvalue weighted by Gasteiger charge is 2.57. The predicted octanol–water partition coefficient (Wildman–Crippen LogP) is 10.5. The fraction of sp³-hybridized carbons (Fsp3) is 0.519. The lowest BCUT2D eigenvalue weighted by Gasteiger charge is -2.47. The van der Waals surface area contributed by atoms with Crippen molar-refractivity contribution in [1.29, 1.82) is 0 Å². The Kier molecular flexibility index (Phi) is 17.0. The number of hydrogen-bond acceptors (Lipinski definition) is 5. The zero-order valence-corrected chi connectivity index (χ0v) is 39.4. The smallest absolute Gasteiger partial charge is 0.312 e. The van der Waals surface area contributed by atoms with Gasteiger partial charge in [-0.05, 0) is 37.2 Å². The third-order valence-electron chi connectivity index (χ3n) is 12.7. The van der Waals surface area contributed by atoms with E-state index in [4.69, 9.17) is 13.6 Å². The van der Waals surface area contributed by atoms with Crippen molar-refractivity contribution >= 4 is 43.4 Å². The number of esters is 1. The fourth-order valence-corrected chi connectivity index (χ4v) is 18.8. The first-order valence-corrected chi connectivity index (χ1v) is 26.5. The zero-order chi connectivity index (χ0) is 42.4. The number of benzene rings is 4. The van der Waals surface area contributed by atoms with Crippen LogP contribution in [0.1, 0.15) is 132 Å². The molecule has 320 valence electrons. The van der Waals surface area contributed by atoms with Crippen LogP contribution in [0.3, 0.4) is 0 Å². The molecule has 1 aliphatic rings. The third-order valence-corrected chi connectivity index (χ3v) is 22.7. The van der Waals surface area contributed by atoms with Crippen molar-refractivity contribution in [3.63, 3.8) is 0 Å². The maximum atomic E-state index is 14.2. The standard InChI is InChI=1S/C52H74O5Si2/c1-8-9-10-11-12-13-14-15-16-17-30-39-48(53)47-40-52(57-49(47)54,41-55-58(50(2,3)4,43-31-22-18-23-32-43)44-33-24-19-25-34-44)42-56-59(51(5,6)7,45-35-26-20-27-36-45)46-37-28-21-29-38-46/h18-29,31-38,47-48,53H,8-17,30,39-42H2,1-7H3. The Morgan fingerprint density at radius 2 is 0.898 bits per heavy atom. The molecule has 0 saturated carbocycles. The summed E-state index contributed by atoms with van der Waals surface area (Å²) in [5.74, 6) is -0.999. The van der Waals surface area contributed by atoms with E-state index >= 15 is 0 Å². The van der Waals surface area contributed by atoms with Crippen molar-refractivity contribution in [2.45, 2.75) is 154 Å². The van der Waals surface area contributed by atoms with E-state index in [1.54, 1.807) is 0 Å². The minimum atomic E-state index is -3.02. The van der Waals surface area contributed by atoms with E-state index in [9.17, 15) is 9.90 Å². The second kappa shape index (κ2) is 21.5. The van der Waals surface area contributed by atoms with E-state index in [1.165, 1.54) is 78.5 Å². The lowest BCUT2D eigenvalue weighted by atomic mass is 9.89. The lowest BCUT2D eigenvalue weighted by molar-refractivity contribution is -0.157. The molecule has 5 nitrogen and oxygen atoms in total. The average molecular weight is 835 g/mol. The third kappa shape index (κ3) is 11.3. The zero-order valence-electron chi connectivity index (χ0n) is 37.4. The molecule has 7 heteroatoms. The Bertz CT molecular complexity index is 1620. The molecule has 1 N–H and O–H groups in total. The molecular formula is C52H74O5Si2. The van der Waals surface area contributed by atoms with Gasteiger partial charge in [0, 0.05) is 6.42 Å². The van der Waals surface area contributed by atoms with Gasteiger partial charge in [0.25, 0.3) is 16.6 Å². The molecule has 0 aromatic heterocycles. The van der Waals surface area contributed by atoms with Crippen LogP contribution in [0.15, 0.2) is 121 Å². The summed E-state index contributed by atoms with van der Waals surface area (Å²) in [5.41, 5.74) is -1.11. The van der Waals surface area contributed by atoms with Gasteiger partial charge < -0.3 is 18.7 Å². The van der Waals surface area contributed by atoms with Crippen LogP contribution in [0.25, 0.3) is 0 Å². The molecule has 59 heavy (non-hydrogen) atoms. The molecule has 2 unspecified atom stereocenters. The van der Waals surface area contributed by atoms with Crippen LogP contribution in [0, 0.1) is 5.92 Å². The minimum Gasteiger partial charge on any atom is -0.454 e. The van der Waals surface area contributed by atoms with E-state index in [2.05, 4.69) is 170 Å². The van der Waals surface area contributed by atoms with Crippen LogP contribution in [0.5, 0.6) is 0 Å². The van der Waals surface area contributed by atoms with E-state index in [-0.39, 0.29) is 29.3 Å². The maximum absolute atomic E-state index is 14.2. The number of carbonyl (C=O) groups is 1. The van der Waals surface area contributed by atoms with Crippen LogP contribution in [-0.4, -0.2) is 52.6 Å². The summed E-state index contributed by atoms with van der Waals surface area (Å²) in [7, 11) is -6.04. The number of carbonyl (C=O) groups excluding carboxylic acids is 1. The molecule has 4 aromatic carbocycles. The van der Waals surface area contributed by atoms with Crippen LogP contribution in [0.4, 0.5) is 0 Å². The van der Waals surface area contributed by atoms with Gasteiger partial charge in [-0.3, -0.25) is 4.79 Å². The summed E-state index contributed by atoms with van der Waals surface area (Å²) in [4.78, 5) is 14.2. The number of rotatable bonds is 23. The molecule has 1 heterocycles. The van der Waals surface area contributed by atoms with Crippen molar-refractivity contribution < 1.29 is 23.5 Å². The molecular weight excluding hydrogens is 761 g/mol. The van der Waals surface area contributed by atoms with Crippen LogP contribution >= 0.6 is 0 Å². The molecule has 0 aliphatic carbocycles. The van der Waals surface area contributed by atoms with Gasteiger partial charge in [0.05, 0.1) is 25.2 Å². The van der Waals surface area contributed by atoms with E-state index < -0.39 is 34.3 Å². The normalized spacial score (nSPS) is 16.5. The number of aliphatic hydroxyl groups is 1. The molecule has 1 fully saturated rings. The molecule has 4 aromatic rings. The molecule has 1 aliphatic heterocycles. The van der Waals surface area contributed by atoms with Gasteiger partial charge in [0.2, 0.25) is 0 Å². The average Bonchev–Trinajstić information content (AvgIpc) is 3.57. The Labute approximate surface area is 359 Å². The topological polar surface area (TPSA) is 65.0 Å². The summed E-state index contributed by atoms with van der Waals surface area (Å²) in [6, 6.07) is 42.5. The largest absolute Gasteiger partial charge is 0.454 e. The van der Waals surface area contributed by atoms with Crippen molar-refractivity contribution in [1.82, 2.24) is 0 Å². The Balaban J connectivity index is 1.45. The first-order chi connectivity index (χ1) is 28.3. The lowest BCUT2D eigenvalue weighted by Crippen LogP contribution is -2.69. The molecule has 0 radical (unpaired) electrons. The maximum Gasteiger partial charge on any atom is 0.312 e. The van der Waals surface area contributed by atoms with Crippen molar-refractivity contribution in [3.8, 4) is 0 Å². The SMILES string of the molecule is CCCCCCCCCCCCCC(O)C1CC(CO[Si](c2ccccc2)(c2ccccc2)C(C)(C)C)(CO[Si](c2ccccc2)(c2ccccc2)C(C)(C)C)OC1=O. The highest BCUT2D eigenvalue weighted by molar-refractivity contribution is 7.00. The first kappa shape index (κ1) is 46.7. The molecule has 0 amide bonds. The second-order valence-corrected chi connectivity index (χ2v) is 27.8. The van der Waals surface area contributed by atoms with Gasteiger partial charge in [-0.15, -0.1) is 0 Å². The number of hydrogen-bond donors (Lipinski definition) is 1. The number of ether oxygens (including phenoxy) is 1. The quantitative estimate of drug-likeness (QED) is 0.0458. The van der Waals surface area contributed by atoms with Crippen LogP contribution < -0.4 is 20.7 Å². The first-order valence-electron chi connectivity index (χ1n) is 22.7. The van der Waals surface area contributed by atoms with Crippen molar-refractivity contribution in [2.75, 3.05) is 13.2 Å². The predicted molar refractivity (Wildman–Crippen MR) is 251 cm³/mol. The van der Waals surface area contributed by atoms with Crippen molar-refractivity contribution in [2.24, 2.45) is 5.92 Å². The van der Waals surface area contributed by atoms with Crippen LogP contribution in [-0.2, 0) is 18.4 Å². The highest BCUT2D eigenvalue weighted by Crippen LogP contribution is 2.43. The fourth-order valence-electron chi connectivity index (χ4n) is 9.55. The number of aliphatic hydroxyl groups excluding tert-OH is 1. The second-order valence-electron chi connectivity index (χ2n) is 19.2. The van der Waals surface area contributed by atoms with Gasteiger partial charge in [-0.2, -0.15) is 0 Å². The van der Waals surface area contributed by atoms with Gasteiger partial charge in [0.1, 0.15) is 0 Å². The molecule has 2 atom stereocenters. The van der Waals surface area contributed by atoms with E-state index in [1.807, 2.05) is 0 Å². The van der Waals surface area contributed by atoms with Gasteiger partial charge in [0.15, 0.2) is 5.60 Å². The Hall–Kier alpha value is -3.34. The highest BCUT2D eigenvalue weighted by atomic mass is 28.4. The van der Waals surface area contributed by atoms with Crippen molar-refractivity contribution in [3.05, 3.63) is 121 Å². The summed E-state index contributed by atoms with van der Waals surface area (Å²) in [6.45, 7) is 16.2. The number of unbranched alkanes of at least 4 members (excludes halogenated alkanes) is 10. The Morgan fingerprint density at radius 1 is 0.576 bits per heavy atom. The summed E-state index contributed by atoms with van der Waals surface area (Å²) in [5, 5.41) is 15.9. The molecule has 1 saturated heterocycles. The molecule has 5 rings (SSSR count). The van der Waals surface area contributed by atoms with Gasteiger partial charge in [-0.1, -0.05) is 240 Å². The summed E-state index contributed by atoms with van der Waals surface area (Å²) >= 11 is 0. The summed E-state index contributed by atoms with van der Waals surface area (Å²) in [6.07, 6.45) is 13.8. The van der Waals surface area contributed by atoms with Gasteiger partial charge >= 0.3 is 5.97 Å². The molecule has 0 bridgehead atoms. The number of cyclic esters (lactones) is 1. The Morgan fingerprint density at radius 3 is 1.22 bits per heavy atom. The summed E-state index contributed by atoms with van der Waals surface area (Å²) < 4.78 is 21.8. The van der Waals surface area contributed by atoms with E-state index in [0.717, 1.165) is 12.8 Å². The monoisotopic (exact) mass is 835 g/mol. The van der Waals surface area contributed by atoms with E-state index in [0.29, 0.717) is 12.8 Å². The minimum absolute atomic E-state index is 0.159. The van der Waals surface area contributed by atoms with Crippen LogP contribution in [0.2, 0.25) is 10.1 Å². The van der Waals surface area contributed by atoms with Gasteiger partial charge in [-0.25, -0.2) is 0 Å².